The molecule has 1 aromatic rings. The minimum absolute atomic E-state index is 0.0479. The number of hydrogen-bond acceptors (Lipinski definition) is 3. The van der Waals surface area contributed by atoms with Crippen LogP contribution in [0.1, 0.15) is 37.3 Å². The molecule has 1 aliphatic carbocycles. The highest BCUT2D eigenvalue weighted by atomic mass is 16.4. The second-order valence-electron chi connectivity index (χ2n) is 4.47. The van der Waals surface area contributed by atoms with Crippen LogP contribution in [0.4, 0.5) is 0 Å². The molecule has 16 heavy (non-hydrogen) atoms. The van der Waals surface area contributed by atoms with Crippen molar-refractivity contribution in [2.45, 2.75) is 44.2 Å². The second kappa shape index (κ2) is 4.65. The highest BCUT2D eigenvalue weighted by Gasteiger charge is 2.20. The molecule has 0 atom stereocenters. The molecule has 1 heterocycles. The number of nitrogens with two attached hydrogens (primary N) is 1. The number of carboxylic acids is 1. The summed E-state index contributed by atoms with van der Waals surface area (Å²) in [6.45, 7) is 0. The summed E-state index contributed by atoms with van der Waals surface area (Å²) >= 11 is 0. The first kappa shape index (κ1) is 11.1. The third-order valence-electron chi connectivity index (χ3n) is 3.13. The number of rotatable bonds is 3. The van der Waals surface area contributed by atoms with Crippen molar-refractivity contribution in [3.63, 3.8) is 0 Å². The van der Waals surface area contributed by atoms with Gasteiger partial charge in [0.15, 0.2) is 0 Å². The Morgan fingerprint density at radius 1 is 1.50 bits per heavy atom. The van der Waals surface area contributed by atoms with E-state index in [4.69, 9.17) is 10.8 Å². The van der Waals surface area contributed by atoms with Gasteiger partial charge in [-0.1, -0.05) is 0 Å². The van der Waals surface area contributed by atoms with Gasteiger partial charge in [0.05, 0.1) is 18.7 Å². The van der Waals surface area contributed by atoms with E-state index < -0.39 is 5.97 Å². The summed E-state index contributed by atoms with van der Waals surface area (Å²) < 4.78 is 1.89. The molecule has 0 amide bonds. The van der Waals surface area contributed by atoms with Crippen LogP contribution in [-0.4, -0.2) is 26.9 Å². The lowest BCUT2D eigenvalue weighted by atomic mass is 9.92. The van der Waals surface area contributed by atoms with Crippen molar-refractivity contribution >= 4 is 5.97 Å². The molecule has 0 saturated heterocycles. The topological polar surface area (TPSA) is 81.1 Å². The average Bonchev–Trinajstić information content (AvgIpc) is 2.66. The Balaban J connectivity index is 1.99. The maximum absolute atomic E-state index is 10.5. The molecule has 1 aromatic heterocycles. The number of carbonyl (C=O) groups is 1. The van der Waals surface area contributed by atoms with Crippen LogP contribution in [0, 0.1) is 0 Å². The van der Waals surface area contributed by atoms with Crippen LogP contribution in [0.2, 0.25) is 0 Å². The van der Waals surface area contributed by atoms with Crippen molar-refractivity contribution in [2.24, 2.45) is 5.73 Å². The molecule has 0 unspecified atom stereocenters. The minimum Gasteiger partial charge on any atom is -0.481 e. The third kappa shape index (κ3) is 2.61. The summed E-state index contributed by atoms with van der Waals surface area (Å²) in [5.74, 6) is -0.815. The van der Waals surface area contributed by atoms with Crippen LogP contribution < -0.4 is 5.73 Å². The predicted octanol–water partition coefficient (Wildman–Crippen LogP) is 0.953. The van der Waals surface area contributed by atoms with Gasteiger partial charge in [-0.05, 0) is 25.7 Å². The van der Waals surface area contributed by atoms with E-state index >= 15 is 0 Å². The molecule has 5 nitrogen and oxygen atoms in total. The van der Waals surface area contributed by atoms with E-state index in [1.807, 2.05) is 10.9 Å². The first-order valence-corrected chi connectivity index (χ1v) is 5.65. The molecule has 2 rings (SSSR count). The molecule has 0 aromatic carbocycles. The van der Waals surface area contributed by atoms with E-state index in [2.05, 4.69) is 5.10 Å². The lowest BCUT2D eigenvalue weighted by Crippen LogP contribution is -2.27. The van der Waals surface area contributed by atoms with E-state index in [1.54, 1.807) is 6.20 Å². The van der Waals surface area contributed by atoms with Crippen molar-refractivity contribution in [2.75, 3.05) is 0 Å². The Bertz CT molecular complexity index is 367. The van der Waals surface area contributed by atoms with E-state index in [-0.39, 0.29) is 6.42 Å². The summed E-state index contributed by atoms with van der Waals surface area (Å²) in [5.41, 5.74) is 6.60. The number of nitrogens with zero attached hydrogens (tertiary/aromatic N) is 2. The summed E-state index contributed by atoms with van der Waals surface area (Å²) in [4.78, 5) is 10.5. The van der Waals surface area contributed by atoms with Gasteiger partial charge in [0.2, 0.25) is 0 Å². The van der Waals surface area contributed by atoms with Crippen LogP contribution >= 0.6 is 0 Å². The number of carboxylic acid groups (broad SMARTS) is 1. The van der Waals surface area contributed by atoms with Gasteiger partial charge in [-0.25, -0.2) is 0 Å². The average molecular weight is 223 g/mol. The van der Waals surface area contributed by atoms with Gasteiger partial charge < -0.3 is 10.8 Å². The predicted molar refractivity (Wildman–Crippen MR) is 59.0 cm³/mol. The quantitative estimate of drug-likeness (QED) is 0.799. The normalized spacial score (nSPS) is 25.6. The third-order valence-corrected chi connectivity index (χ3v) is 3.13. The van der Waals surface area contributed by atoms with Crippen molar-refractivity contribution in [3.8, 4) is 0 Å². The Morgan fingerprint density at radius 3 is 2.81 bits per heavy atom. The molecule has 0 bridgehead atoms. The fraction of sp³-hybridized carbons (Fsp3) is 0.636. The standard InChI is InChI=1S/C11H17N3O2/c12-9-1-3-10(4-2-9)14-7-8(6-13-14)5-11(15)16/h6-7,9-10H,1-5,12H2,(H,15,16). The minimum atomic E-state index is -0.815. The van der Waals surface area contributed by atoms with Crippen LogP contribution in [0.25, 0.3) is 0 Å². The number of aliphatic carboxylic acids is 1. The second-order valence-corrected chi connectivity index (χ2v) is 4.47. The molecule has 0 spiro atoms. The summed E-state index contributed by atoms with van der Waals surface area (Å²) in [6, 6.07) is 0.715. The zero-order valence-corrected chi connectivity index (χ0v) is 9.17. The van der Waals surface area contributed by atoms with E-state index in [9.17, 15) is 4.79 Å². The molecule has 1 aliphatic rings. The molecular formula is C11H17N3O2. The van der Waals surface area contributed by atoms with Crippen molar-refractivity contribution < 1.29 is 9.90 Å². The van der Waals surface area contributed by atoms with Crippen molar-refractivity contribution in [1.82, 2.24) is 9.78 Å². The Kier molecular flexibility index (Phi) is 3.24. The lowest BCUT2D eigenvalue weighted by Gasteiger charge is -2.26. The molecule has 1 saturated carbocycles. The molecule has 5 heteroatoms. The number of aromatic nitrogens is 2. The van der Waals surface area contributed by atoms with Gasteiger partial charge in [0.25, 0.3) is 0 Å². The van der Waals surface area contributed by atoms with E-state index in [0.29, 0.717) is 12.1 Å². The van der Waals surface area contributed by atoms with Gasteiger partial charge in [0.1, 0.15) is 0 Å². The van der Waals surface area contributed by atoms with Gasteiger partial charge in [-0.15, -0.1) is 0 Å². The van der Waals surface area contributed by atoms with Crippen molar-refractivity contribution in [3.05, 3.63) is 18.0 Å². The van der Waals surface area contributed by atoms with Crippen LogP contribution in [0.15, 0.2) is 12.4 Å². The van der Waals surface area contributed by atoms with E-state index in [0.717, 1.165) is 31.2 Å². The fourth-order valence-corrected chi connectivity index (χ4v) is 2.21. The molecular weight excluding hydrogens is 206 g/mol. The highest BCUT2D eigenvalue weighted by molar-refractivity contribution is 5.69. The first-order valence-electron chi connectivity index (χ1n) is 5.65. The van der Waals surface area contributed by atoms with Gasteiger partial charge in [0, 0.05) is 17.8 Å². The molecule has 88 valence electrons. The van der Waals surface area contributed by atoms with Gasteiger partial charge in [-0.3, -0.25) is 9.48 Å². The van der Waals surface area contributed by atoms with E-state index in [1.165, 1.54) is 0 Å². The first-order chi connectivity index (χ1) is 7.65. The molecule has 1 fully saturated rings. The Hall–Kier alpha value is -1.36. The van der Waals surface area contributed by atoms with Gasteiger partial charge >= 0.3 is 5.97 Å². The van der Waals surface area contributed by atoms with Gasteiger partial charge in [-0.2, -0.15) is 5.10 Å². The molecule has 0 radical (unpaired) electrons. The summed E-state index contributed by atoms with van der Waals surface area (Å²) in [7, 11) is 0. The van der Waals surface area contributed by atoms with Crippen LogP contribution in [0.5, 0.6) is 0 Å². The molecule has 0 aliphatic heterocycles. The maximum Gasteiger partial charge on any atom is 0.307 e. The molecule has 3 N–H and O–H groups in total. The SMILES string of the molecule is NC1CCC(n2cc(CC(=O)O)cn2)CC1. The highest BCUT2D eigenvalue weighted by Crippen LogP contribution is 2.27. The maximum atomic E-state index is 10.5. The van der Waals surface area contributed by atoms with Crippen molar-refractivity contribution in [1.29, 1.82) is 0 Å². The fourth-order valence-electron chi connectivity index (χ4n) is 2.21. The zero-order chi connectivity index (χ0) is 11.5. The zero-order valence-electron chi connectivity index (χ0n) is 9.17. The lowest BCUT2D eigenvalue weighted by molar-refractivity contribution is -0.136. The van der Waals surface area contributed by atoms with Crippen LogP contribution in [0.3, 0.4) is 0 Å². The Labute approximate surface area is 94.2 Å². The summed E-state index contributed by atoms with van der Waals surface area (Å²) in [6.07, 6.45) is 7.66. The largest absolute Gasteiger partial charge is 0.481 e. The van der Waals surface area contributed by atoms with Crippen LogP contribution in [-0.2, 0) is 11.2 Å². The smallest absolute Gasteiger partial charge is 0.307 e. The Morgan fingerprint density at radius 2 is 2.19 bits per heavy atom. The monoisotopic (exact) mass is 223 g/mol. The summed E-state index contributed by atoms with van der Waals surface area (Å²) in [5, 5.41) is 12.9. The number of hydrogen-bond donors (Lipinski definition) is 2.